The highest BCUT2D eigenvalue weighted by molar-refractivity contribution is 7.80. The lowest BCUT2D eigenvalue weighted by atomic mass is 10.1. The molecule has 1 aromatic rings. The minimum absolute atomic E-state index is 0.0243. The van der Waals surface area contributed by atoms with Crippen LogP contribution in [0.5, 0.6) is 0 Å². The second-order valence-electron chi connectivity index (χ2n) is 3.37. The molecule has 88 valence electrons. The quantitative estimate of drug-likeness (QED) is 0.809. The number of alkyl halides is 3. The topological polar surface area (TPSA) is 37.3 Å². The molecule has 0 saturated carbocycles. The van der Waals surface area contributed by atoms with E-state index in [0.29, 0.717) is 10.5 Å². The molecule has 0 aliphatic rings. The first-order valence-electron chi connectivity index (χ1n) is 4.36. The Morgan fingerprint density at radius 2 is 1.81 bits per heavy atom. The zero-order chi connectivity index (χ0) is 12.3. The number of thiol groups is 1. The molecular formula is C10H9F3O2S. The number of hydrogen-bond acceptors (Lipinski definition) is 2. The lowest BCUT2D eigenvalue weighted by Crippen LogP contribution is -2.12. The Labute approximate surface area is 95.5 Å². The summed E-state index contributed by atoms with van der Waals surface area (Å²) in [6.45, 7) is 0. The summed E-state index contributed by atoms with van der Waals surface area (Å²) in [5.74, 6) is -1.09. The smallest absolute Gasteiger partial charge is 0.393 e. The van der Waals surface area contributed by atoms with Gasteiger partial charge in [0.05, 0.1) is 12.8 Å². The molecule has 0 heterocycles. The lowest BCUT2D eigenvalue weighted by Gasteiger charge is -2.08. The van der Waals surface area contributed by atoms with Gasteiger partial charge in [-0.25, -0.2) is 0 Å². The summed E-state index contributed by atoms with van der Waals surface area (Å²) in [6, 6.07) is 3.96. The SMILES string of the molecule is O=C(O)Cc1cc(S)cc(CC(F)(F)F)c1. The van der Waals surface area contributed by atoms with Crippen molar-refractivity contribution >= 4 is 18.6 Å². The van der Waals surface area contributed by atoms with Gasteiger partial charge in [0.25, 0.3) is 0 Å². The normalized spacial score (nSPS) is 11.5. The van der Waals surface area contributed by atoms with Gasteiger partial charge in [0.1, 0.15) is 0 Å². The van der Waals surface area contributed by atoms with Gasteiger partial charge in [-0.1, -0.05) is 6.07 Å². The first kappa shape index (κ1) is 12.9. The predicted molar refractivity (Wildman–Crippen MR) is 54.8 cm³/mol. The zero-order valence-corrected chi connectivity index (χ0v) is 8.98. The van der Waals surface area contributed by atoms with Gasteiger partial charge in [0.2, 0.25) is 0 Å². The summed E-state index contributed by atoms with van der Waals surface area (Å²) >= 11 is 3.94. The van der Waals surface area contributed by atoms with E-state index in [-0.39, 0.29) is 12.0 Å². The maximum Gasteiger partial charge on any atom is 0.393 e. The third-order valence-corrected chi connectivity index (χ3v) is 2.06. The minimum atomic E-state index is -4.30. The summed E-state index contributed by atoms with van der Waals surface area (Å²) in [5, 5.41) is 8.53. The number of rotatable bonds is 3. The van der Waals surface area contributed by atoms with E-state index in [0.717, 1.165) is 0 Å². The highest BCUT2D eigenvalue weighted by Gasteiger charge is 2.27. The first-order valence-corrected chi connectivity index (χ1v) is 4.81. The highest BCUT2D eigenvalue weighted by atomic mass is 32.1. The maximum atomic E-state index is 12.1. The molecule has 2 nitrogen and oxygen atoms in total. The first-order chi connectivity index (χ1) is 7.26. The molecule has 1 aromatic carbocycles. The van der Waals surface area contributed by atoms with Gasteiger partial charge in [0, 0.05) is 4.90 Å². The van der Waals surface area contributed by atoms with Gasteiger partial charge in [0.15, 0.2) is 0 Å². The average molecular weight is 250 g/mol. The summed E-state index contributed by atoms with van der Waals surface area (Å²) in [5.41, 5.74) is 0.343. The number of halogens is 3. The van der Waals surface area contributed by atoms with Gasteiger partial charge >= 0.3 is 12.1 Å². The fourth-order valence-corrected chi connectivity index (χ4v) is 1.68. The Morgan fingerprint density at radius 3 is 2.31 bits per heavy atom. The van der Waals surface area contributed by atoms with Crippen molar-refractivity contribution in [3.63, 3.8) is 0 Å². The Morgan fingerprint density at radius 1 is 1.25 bits per heavy atom. The average Bonchev–Trinajstić information content (AvgIpc) is 1.96. The molecule has 0 fully saturated rings. The van der Waals surface area contributed by atoms with Crippen LogP contribution in [0.2, 0.25) is 0 Å². The van der Waals surface area contributed by atoms with Crippen LogP contribution in [0, 0.1) is 0 Å². The van der Waals surface area contributed by atoms with Crippen LogP contribution in [0.25, 0.3) is 0 Å². The number of benzene rings is 1. The van der Waals surface area contributed by atoms with E-state index in [4.69, 9.17) is 5.11 Å². The van der Waals surface area contributed by atoms with Crippen molar-refractivity contribution in [2.75, 3.05) is 0 Å². The van der Waals surface area contributed by atoms with E-state index in [1.165, 1.54) is 18.2 Å². The molecule has 0 saturated heterocycles. The van der Waals surface area contributed by atoms with Gasteiger partial charge in [-0.2, -0.15) is 13.2 Å². The molecule has 16 heavy (non-hydrogen) atoms. The standard InChI is InChI=1S/C10H9F3O2S/c11-10(12,13)5-7-1-6(4-9(14)15)2-8(16)3-7/h1-3,16H,4-5H2,(H,14,15). The Kier molecular flexibility index (Phi) is 3.85. The molecule has 0 aromatic heterocycles. The summed E-state index contributed by atoms with van der Waals surface area (Å²) in [4.78, 5) is 10.8. The third-order valence-electron chi connectivity index (χ3n) is 1.80. The molecule has 6 heteroatoms. The van der Waals surface area contributed by atoms with Crippen LogP contribution >= 0.6 is 12.6 Å². The van der Waals surface area contributed by atoms with Crippen molar-refractivity contribution in [3.8, 4) is 0 Å². The van der Waals surface area contributed by atoms with Gasteiger partial charge < -0.3 is 5.11 Å². The van der Waals surface area contributed by atoms with E-state index >= 15 is 0 Å². The molecular weight excluding hydrogens is 241 g/mol. The molecule has 0 atom stereocenters. The Balaban J connectivity index is 2.94. The van der Waals surface area contributed by atoms with E-state index in [9.17, 15) is 18.0 Å². The fourth-order valence-electron chi connectivity index (χ4n) is 1.35. The van der Waals surface area contributed by atoms with Crippen LogP contribution < -0.4 is 0 Å². The summed E-state index contributed by atoms with van der Waals surface area (Å²) in [7, 11) is 0. The van der Waals surface area contributed by atoms with Crippen molar-refractivity contribution in [2.45, 2.75) is 23.9 Å². The van der Waals surface area contributed by atoms with Crippen LogP contribution in [-0.4, -0.2) is 17.3 Å². The number of carbonyl (C=O) groups is 1. The summed E-state index contributed by atoms with van der Waals surface area (Å²) in [6.07, 6.45) is -5.69. The summed E-state index contributed by atoms with van der Waals surface area (Å²) < 4.78 is 36.4. The Hall–Kier alpha value is -1.17. The minimum Gasteiger partial charge on any atom is -0.481 e. The Bertz CT molecular complexity index is 402. The molecule has 1 rings (SSSR count). The number of carboxylic acids is 1. The molecule has 0 unspecified atom stereocenters. The van der Waals surface area contributed by atoms with Gasteiger partial charge in [-0.15, -0.1) is 12.6 Å². The highest BCUT2D eigenvalue weighted by Crippen LogP contribution is 2.24. The monoisotopic (exact) mass is 250 g/mol. The van der Waals surface area contributed by atoms with Crippen LogP contribution in [0.3, 0.4) is 0 Å². The molecule has 0 aliphatic carbocycles. The van der Waals surface area contributed by atoms with Crippen molar-refractivity contribution < 1.29 is 23.1 Å². The maximum absolute atomic E-state index is 12.1. The van der Waals surface area contributed by atoms with Gasteiger partial charge in [-0.05, 0) is 23.3 Å². The lowest BCUT2D eigenvalue weighted by molar-refractivity contribution is -0.136. The number of hydrogen-bond donors (Lipinski definition) is 2. The molecule has 1 N–H and O–H groups in total. The van der Waals surface area contributed by atoms with Crippen molar-refractivity contribution in [2.24, 2.45) is 0 Å². The molecule has 0 aliphatic heterocycles. The molecule has 0 bridgehead atoms. The predicted octanol–water partition coefficient (Wildman–Crippen LogP) is 2.71. The number of aliphatic carboxylic acids is 1. The van der Waals surface area contributed by atoms with Crippen molar-refractivity contribution in [1.29, 1.82) is 0 Å². The third kappa shape index (κ3) is 4.57. The zero-order valence-electron chi connectivity index (χ0n) is 8.08. The van der Waals surface area contributed by atoms with Crippen LogP contribution in [0.15, 0.2) is 23.1 Å². The van der Waals surface area contributed by atoms with E-state index in [2.05, 4.69) is 12.6 Å². The molecule has 0 amide bonds. The second kappa shape index (κ2) is 4.78. The largest absolute Gasteiger partial charge is 0.481 e. The van der Waals surface area contributed by atoms with E-state index < -0.39 is 18.6 Å². The van der Waals surface area contributed by atoms with Crippen LogP contribution in [0.4, 0.5) is 13.2 Å². The van der Waals surface area contributed by atoms with Crippen molar-refractivity contribution in [1.82, 2.24) is 0 Å². The molecule has 0 spiro atoms. The van der Waals surface area contributed by atoms with Crippen LogP contribution in [-0.2, 0) is 17.6 Å². The van der Waals surface area contributed by atoms with Crippen LogP contribution in [0.1, 0.15) is 11.1 Å². The second-order valence-corrected chi connectivity index (χ2v) is 3.89. The fraction of sp³-hybridized carbons (Fsp3) is 0.300. The molecule has 0 radical (unpaired) electrons. The van der Waals surface area contributed by atoms with Crippen molar-refractivity contribution in [3.05, 3.63) is 29.3 Å². The van der Waals surface area contributed by atoms with E-state index in [1.54, 1.807) is 0 Å². The van der Waals surface area contributed by atoms with E-state index in [1.807, 2.05) is 0 Å². The van der Waals surface area contributed by atoms with Gasteiger partial charge in [-0.3, -0.25) is 4.79 Å². The number of carboxylic acid groups (broad SMARTS) is 1.